The molecule has 0 spiro atoms. The van der Waals surface area contributed by atoms with Gasteiger partial charge in [0.2, 0.25) is 5.88 Å². The number of nitrogens with zero attached hydrogens (tertiary/aromatic N) is 1. The third-order valence-corrected chi connectivity index (χ3v) is 1.21. The van der Waals surface area contributed by atoms with E-state index in [2.05, 4.69) is 4.98 Å². The molecule has 1 N–H and O–H groups in total. The number of ether oxygens (including phenoxy) is 1. The Kier molecular flexibility index (Phi) is 4.57. The minimum atomic E-state index is -0.0307. The third-order valence-electron chi connectivity index (χ3n) is 1.21. The first-order chi connectivity index (χ1) is 4.88. The number of pyridine rings is 1. The summed E-state index contributed by atoms with van der Waals surface area (Å²) in [6, 6.07) is 3.53. The molecule has 0 fully saturated rings. The topological polar surface area (TPSA) is 42.4 Å². The lowest BCUT2D eigenvalue weighted by atomic mass is 10.3. The van der Waals surface area contributed by atoms with Crippen molar-refractivity contribution in [3.05, 3.63) is 23.9 Å². The first-order valence-corrected chi connectivity index (χ1v) is 2.97. The van der Waals surface area contributed by atoms with E-state index in [-0.39, 0.29) is 19.0 Å². The lowest BCUT2D eigenvalue weighted by molar-refractivity contribution is 0.271. The average Bonchev–Trinajstić information content (AvgIpc) is 2.04. The van der Waals surface area contributed by atoms with Crippen LogP contribution in [0.2, 0.25) is 0 Å². The van der Waals surface area contributed by atoms with Crippen molar-refractivity contribution in [2.45, 2.75) is 6.61 Å². The van der Waals surface area contributed by atoms with Gasteiger partial charge in [-0.3, -0.25) is 0 Å². The quantitative estimate of drug-likeness (QED) is 0.730. The monoisotopic (exact) mass is 175 g/mol. The second-order valence-corrected chi connectivity index (χ2v) is 1.83. The zero-order chi connectivity index (χ0) is 7.40. The molecule has 4 heteroatoms. The molecule has 1 rings (SSSR count). The Morgan fingerprint density at radius 3 is 2.82 bits per heavy atom. The van der Waals surface area contributed by atoms with Crippen LogP contribution in [0.5, 0.6) is 5.88 Å². The molecule has 1 aromatic rings. The summed E-state index contributed by atoms with van der Waals surface area (Å²) in [6.45, 7) is -0.0307. The fraction of sp³-hybridized carbons (Fsp3) is 0.286. The van der Waals surface area contributed by atoms with Gasteiger partial charge in [-0.2, -0.15) is 0 Å². The summed E-state index contributed by atoms with van der Waals surface area (Å²) in [5.74, 6) is 0.491. The molecule has 0 amide bonds. The van der Waals surface area contributed by atoms with Crippen LogP contribution in [0.15, 0.2) is 18.3 Å². The molecule has 0 unspecified atom stereocenters. The van der Waals surface area contributed by atoms with Crippen molar-refractivity contribution in [3.63, 3.8) is 0 Å². The van der Waals surface area contributed by atoms with Crippen molar-refractivity contribution in [3.8, 4) is 5.88 Å². The summed E-state index contributed by atoms with van der Waals surface area (Å²) in [5.41, 5.74) is 0.713. The van der Waals surface area contributed by atoms with Crippen LogP contribution in [-0.4, -0.2) is 17.2 Å². The summed E-state index contributed by atoms with van der Waals surface area (Å²) >= 11 is 0. The molecule has 0 aliphatic carbocycles. The van der Waals surface area contributed by atoms with Gasteiger partial charge in [0, 0.05) is 11.8 Å². The van der Waals surface area contributed by atoms with Crippen LogP contribution in [0.3, 0.4) is 0 Å². The maximum absolute atomic E-state index is 8.73. The Morgan fingerprint density at radius 2 is 2.36 bits per heavy atom. The highest BCUT2D eigenvalue weighted by Crippen LogP contribution is 2.12. The van der Waals surface area contributed by atoms with Crippen LogP contribution in [0.25, 0.3) is 0 Å². The molecule has 0 bridgehead atoms. The van der Waals surface area contributed by atoms with Gasteiger partial charge in [-0.05, 0) is 12.1 Å². The lowest BCUT2D eigenvalue weighted by Crippen LogP contribution is -1.93. The molecule has 0 saturated carbocycles. The van der Waals surface area contributed by atoms with Crippen LogP contribution in [0.1, 0.15) is 5.56 Å². The maximum atomic E-state index is 8.73. The fourth-order valence-corrected chi connectivity index (χ4v) is 0.728. The molecular weight excluding hydrogens is 166 g/mol. The highest BCUT2D eigenvalue weighted by Gasteiger charge is 1.98. The van der Waals surface area contributed by atoms with Crippen molar-refractivity contribution < 1.29 is 9.84 Å². The minimum absolute atomic E-state index is 0. The second kappa shape index (κ2) is 4.93. The Bertz CT molecular complexity index is 194. The van der Waals surface area contributed by atoms with Crippen molar-refractivity contribution in [1.29, 1.82) is 0 Å². The predicted molar refractivity (Wildman–Crippen MR) is 44.0 cm³/mol. The molecule has 1 heterocycles. The van der Waals surface area contributed by atoms with Gasteiger partial charge in [-0.15, -0.1) is 12.4 Å². The van der Waals surface area contributed by atoms with Crippen LogP contribution in [-0.2, 0) is 6.61 Å². The van der Waals surface area contributed by atoms with Gasteiger partial charge in [0.15, 0.2) is 0 Å². The van der Waals surface area contributed by atoms with E-state index in [1.54, 1.807) is 18.3 Å². The normalized spacial score (nSPS) is 8.55. The molecule has 62 valence electrons. The van der Waals surface area contributed by atoms with Crippen LogP contribution < -0.4 is 4.74 Å². The Morgan fingerprint density at radius 1 is 1.64 bits per heavy atom. The van der Waals surface area contributed by atoms with Crippen molar-refractivity contribution in [2.75, 3.05) is 7.11 Å². The number of hydrogen-bond donors (Lipinski definition) is 1. The second-order valence-electron chi connectivity index (χ2n) is 1.83. The first kappa shape index (κ1) is 10.2. The van der Waals surface area contributed by atoms with Crippen LogP contribution in [0.4, 0.5) is 0 Å². The number of halogens is 1. The Hall–Kier alpha value is -0.800. The fourth-order valence-electron chi connectivity index (χ4n) is 0.728. The molecule has 11 heavy (non-hydrogen) atoms. The van der Waals surface area contributed by atoms with Gasteiger partial charge in [-0.1, -0.05) is 0 Å². The molecular formula is C7H10ClNO2. The standard InChI is InChI=1S/C7H9NO2.ClH/c1-10-7-6(5-9)3-2-4-8-7;/h2-4,9H,5H2,1H3;1H. The number of methoxy groups -OCH3 is 1. The molecule has 3 nitrogen and oxygen atoms in total. The zero-order valence-electron chi connectivity index (χ0n) is 6.15. The van der Waals surface area contributed by atoms with Gasteiger partial charge in [0.05, 0.1) is 13.7 Å². The third kappa shape index (κ3) is 2.37. The van der Waals surface area contributed by atoms with E-state index >= 15 is 0 Å². The number of hydrogen-bond acceptors (Lipinski definition) is 3. The van der Waals surface area contributed by atoms with E-state index in [1.165, 1.54) is 7.11 Å². The molecule has 0 aliphatic heterocycles. The summed E-state index contributed by atoms with van der Waals surface area (Å²) < 4.78 is 4.87. The van der Waals surface area contributed by atoms with E-state index in [1.807, 2.05) is 0 Å². The average molecular weight is 176 g/mol. The van der Waals surface area contributed by atoms with Crippen molar-refractivity contribution in [1.82, 2.24) is 4.98 Å². The lowest BCUT2D eigenvalue weighted by Gasteiger charge is -2.01. The van der Waals surface area contributed by atoms with E-state index in [4.69, 9.17) is 9.84 Å². The zero-order valence-corrected chi connectivity index (χ0v) is 6.97. The summed E-state index contributed by atoms with van der Waals surface area (Å²) in [4.78, 5) is 3.89. The molecule has 0 atom stereocenters. The van der Waals surface area contributed by atoms with E-state index in [0.29, 0.717) is 11.4 Å². The van der Waals surface area contributed by atoms with Gasteiger partial charge < -0.3 is 9.84 Å². The summed E-state index contributed by atoms with van der Waals surface area (Å²) in [5, 5.41) is 8.73. The smallest absolute Gasteiger partial charge is 0.218 e. The highest BCUT2D eigenvalue weighted by molar-refractivity contribution is 5.85. The van der Waals surface area contributed by atoms with E-state index in [9.17, 15) is 0 Å². The van der Waals surface area contributed by atoms with E-state index in [0.717, 1.165) is 0 Å². The van der Waals surface area contributed by atoms with E-state index < -0.39 is 0 Å². The number of aliphatic hydroxyl groups excluding tert-OH is 1. The first-order valence-electron chi connectivity index (χ1n) is 2.97. The maximum Gasteiger partial charge on any atom is 0.218 e. The molecule has 0 aliphatic rings. The molecule has 0 saturated heterocycles. The summed E-state index contributed by atoms with van der Waals surface area (Å²) in [6.07, 6.45) is 1.62. The van der Waals surface area contributed by atoms with Gasteiger partial charge in [-0.25, -0.2) is 4.98 Å². The Labute approximate surface area is 71.4 Å². The van der Waals surface area contributed by atoms with Crippen molar-refractivity contribution in [2.24, 2.45) is 0 Å². The van der Waals surface area contributed by atoms with Gasteiger partial charge in [0.1, 0.15) is 0 Å². The van der Waals surface area contributed by atoms with Crippen molar-refractivity contribution >= 4 is 12.4 Å². The SMILES string of the molecule is COc1ncccc1CO.Cl. The largest absolute Gasteiger partial charge is 0.481 e. The number of aliphatic hydroxyl groups is 1. The van der Waals surface area contributed by atoms with Gasteiger partial charge >= 0.3 is 0 Å². The number of rotatable bonds is 2. The Balaban J connectivity index is 0.000001000. The van der Waals surface area contributed by atoms with Gasteiger partial charge in [0.25, 0.3) is 0 Å². The predicted octanol–water partition coefficient (Wildman–Crippen LogP) is 1.00. The minimum Gasteiger partial charge on any atom is -0.481 e. The number of aromatic nitrogens is 1. The van der Waals surface area contributed by atoms with Crippen LogP contribution in [0, 0.1) is 0 Å². The molecule has 0 aromatic carbocycles. The van der Waals surface area contributed by atoms with Crippen LogP contribution >= 0.6 is 12.4 Å². The molecule has 0 radical (unpaired) electrons. The molecule has 1 aromatic heterocycles. The summed E-state index contributed by atoms with van der Waals surface area (Å²) in [7, 11) is 1.53. The highest BCUT2D eigenvalue weighted by atomic mass is 35.5.